The maximum Gasteiger partial charge on any atom is 0.339 e. The van der Waals surface area contributed by atoms with Crippen molar-refractivity contribution in [1.82, 2.24) is 10.3 Å². The summed E-state index contributed by atoms with van der Waals surface area (Å²) in [5.41, 5.74) is 6.40. The number of carbonyl (C=O) groups excluding carboxylic acids is 1. The van der Waals surface area contributed by atoms with Crippen molar-refractivity contribution in [2.45, 2.75) is 33.6 Å². The van der Waals surface area contributed by atoms with Crippen LogP contribution in [0, 0.1) is 18.3 Å². The zero-order valence-electron chi connectivity index (χ0n) is 15.8. The number of pyridine rings is 1. The number of carboxylic acid groups (broad SMARTS) is 1. The van der Waals surface area contributed by atoms with Crippen molar-refractivity contribution in [3.63, 3.8) is 0 Å². The second-order valence-electron chi connectivity index (χ2n) is 7.77. The number of benzene rings is 1. The van der Waals surface area contributed by atoms with Crippen LogP contribution in [0.2, 0.25) is 0 Å². The molecular weight excluding hydrogens is 346 g/mol. The first-order valence-electron chi connectivity index (χ1n) is 9.04. The molecule has 0 spiro atoms. The minimum Gasteiger partial charge on any atom is -0.492 e. The number of aromatic carboxylic acids is 1. The highest BCUT2D eigenvalue weighted by Gasteiger charge is 2.31. The first kappa shape index (κ1) is 18.9. The zero-order valence-corrected chi connectivity index (χ0v) is 15.8. The van der Waals surface area contributed by atoms with Gasteiger partial charge in [-0.05, 0) is 51.7 Å². The van der Waals surface area contributed by atoms with Crippen LogP contribution in [0.15, 0.2) is 18.2 Å². The van der Waals surface area contributed by atoms with Gasteiger partial charge in [0, 0.05) is 6.54 Å². The molecule has 1 aromatic heterocycles. The monoisotopic (exact) mass is 371 g/mol. The van der Waals surface area contributed by atoms with Crippen LogP contribution in [0.3, 0.4) is 0 Å². The van der Waals surface area contributed by atoms with Crippen LogP contribution in [0.1, 0.15) is 42.7 Å². The van der Waals surface area contributed by atoms with Crippen molar-refractivity contribution < 1.29 is 19.4 Å². The summed E-state index contributed by atoms with van der Waals surface area (Å²) in [4.78, 5) is 28.3. The number of fused-ring (bicyclic) bond motifs is 1. The number of aryl methyl sites for hydroxylation is 1. The molecule has 7 heteroatoms. The number of carbonyl (C=O) groups is 2. The van der Waals surface area contributed by atoms with Crippen LogP contribution in [-0.2, 0) is 4.79 Å². The summed E-state index contributed by atoms with van der Waals surface area (Å²) < 4.78 is 5.91. The number of ether oxygens (including phenoxy) is 1. The molecule has 1 fully saturated rings. The second kappa shape index (κ2) is 7.06. The van der Waals surface area contributed by atoms with E-state index in [-0.39, 0.29) is 23.8 Å². The van der Waals surface area contributed by atoms with Crippen molar-refractivity contribution in [2.24, 2.45) is 11.3 Å². The summed E-state index contributed by atoms with van der Waals surface area (Å²) in [7, 11) is 0. The minimum atomic E-state index is -1.13. The number of amides is 1. The van der Waals surface area contributed by atoms with Gasteiger partial charge in [0.15, 0.2) is 0 Å². The van der Waals surface area contributed by atoms with Crippen LogP contribution in [-0.4, -0.2) is 35.1 Å². The Kier molecular flexibility index (Phi) is 4.95. The van der Waals surface area contributed by atoms with Gasteiger partial charge in [0.1, 0.15) is 17.9 Å². The van der Waals surface area contributed by atoms with Gasteiger partial charge >= 0.3 is 5.97 Å². The Hall–Kier alpha value is -2.83. The van der Waals surface area contributed by atoms with Crippen LogP contribution in [0.4, 0.5) is 5.69 Å². The molecule has 2 aromatic rings. The molecule has 1 aliphatic carbocycles. The Labute approximate surface area is 157 Å². The number of hydrogen-bond acceptors (Lipinski definition) is 5. The average Bonchev–Trinajstić information content (AvgIpc) is 3.41. The van der Waals surface area contributed by atoms with Gasteiger partial charge in [-0.1, -0.05) is 6.07 Å². The lowest BCUT2D eigenvalue weighted by Gasteiger charge is -2.24. The number of nitrogens with two attached hydrogens (primary N) is 1. The molecule has 0 saturated heterocycles. The van der Waals surface area contributed by atoms with Crippen molar-refractivity contribution in [1.29, 1.82) is 0 Å². The molecule has 0 aliphatic heterocycles. The highest BCUT2D eigenvalue weighted by atomic mass is 16.5. The number of nitrogen functional groups attached to an aromatic ring is 1. The summed E-state index contributed by atoms with van der Waals surface area (Å²) in [6.07, 6.45) is 2.34. The molecule has 7 nitrogen and oxygen atoms in total. The van der Waals surface area contributed by atoms with Crippen LogP contribution < -0.4 is 15.8 Å². The smallest absolute Gasteiger partial charge is 0.339 e. The lowest BCUT2D eigenvalue weighted by atomic mass is 9.93. The zero-order chi connectivity index (χ0) is 19.8. The topological polar surface area (TPSA) is 115 Å². The number of nitrogens with one attached hydrogen (secondary N) is 1. The molecule has 4 N–H and O–H groups in total. The highest BCUT2D eigenvalue weighted by Crippen LogP contribution is 2.34. The number of nitrogens with zero attached hydrogens (tertiary/aromatic N) is 1. The molecule has 1 aromatic carbocycles. The van der Waals surface area contributed by atoms with Crippen molar-refractivity contribution in [2.75, 3.05) is 18.9 Å². The molecule has 0 unspecified atom stereocenters. The minimum absolute atomic E-state index is 0.0278. The van der Waals surface area contributed by atoms with Gasteiger partial charge in [-0.15, -0.1) is 0 Å². The third kappa shape index (κ3) is 3.97. The predicted molar refractivity (Wildman–Crippen MR) is 103 cm³/mol. The fourth-order valence-corrected chi connectivity index (χ4v) is 2.95. The molecular formula is C20H25N3O4. The summed E-state index contributed by atoms with van der Waals surface area (Å²) >= 11 is 0. The molecule has 1 amide bonds. The highest BCUT2D eigenvalue weighted by molar-refractivity contribution is 6.06. The van der Waals surface area contributed by atoms with Crippen LogP contribution in [0.25, 0.3) is 10.9 Å². The number of carboxylic acids is 1. The summed E-state index contributed by atoms with van der Waals surface area (Å²) in [5.74, 6) is -0.174. The lowest BCUT2D eigenvalue weighted by Crippen LogP contribution is -2.41. The van der Waals surface area contributed by atoms with Gasteiger partial charge in [-0.3, -0.25) is 9.78 Å². The molecule has 1 heterocycles. The van der Waals surface area contributed by atoms with Crippen LogP contribution >= 0.6 is 0 Å². The molecule has 1 saturated carbocycles. The molecule has 27 heavy (non-hydrogen) atoms. The second-order valence-corrected chi connectivity index (χ2v) is 7.77. The normalized spacial score (nSPS) is 14.2. The maximum absolute atomic E-state index is 12.4. The third-order valence-electron chi connectivity index (χ3n) is 4.86. The number of hydrogen-bond donors (Lipinski definition) is 3. The summed E-state index contributed by atoms with van der Waals surface area (Å²) in [6.45, 7) is 6.08. The van der Waals surface area contributed by atoms with E-state index in [4.69, 9.17) is 10.5 Å². The van der Waals surface area contributed by atoms with Gasteiger partial charge in [0.2, 0.25) is 5.91 Å². The quantitative estimate of drug-likeness (QED) is 0.689. The average molecular weight is 371 g/mol. The molecule has 3 rings (SSSR count). The van der Waals surface area contributed by atoms with E-state index in [1.165, 1.54) is 12.8 Å². The first-order chi connectivity index (χ1) is 12.7. The largest absolute Gasteiger partial charge is 0.492 e. The molecule has 0 radical (unpaired) electrons. The van der Waals surface area contributed by atoms with E-state index in [0.717, 1.165) is 0 Å². The predicted octanol–water partition coefficient (Wildman–Crippen LogP) is 2.75. The summed E-state index contributed by atoms with van der Waals surface area (Å²) in [5, 5.41) is 12.8. The Morgan fingerprint density at radius 2 is 2.07 bits per heavy atom. The van der Waals surface area contributed by atoms with E-state index in [0.29, 0.717) is 34.8 Å². The lowest BCUT2D eigenvalue weighted by molar-refractivity contribution is -0.130. The van der Waals surface area contributed by atoms with Crippen molar-refractivity contribution in [3.05, 3.63) is 29.5 Å². The van der Waals surface area contributed by atoms with Gasteiger partial charge in [-0.25, -0.2) is 4.79 Å². The maximum atomic E-state index is 12.4. The van der Waals surface area contributed by atoms with Gasteiger partial charge in [0.25, 0.3) is 0 Å². The van der Waals surface area contributed by atoms with Crippen LogP contribution in [0.5, 0.6) is 5.75 Å². The third-order valence-corrected chi connectivity index (χ3v) is 4.86. The number of anilines is 1. The van der Waals surface area contributed by atoms with Gasteiger partial charge < -0.3 is 20.9 Å². The molecule has 0 atom stereocenters. The number of rotatable bonds is 7. The SMILES string of the molecule is Cc1nc2cccc(OCC(C)(C)C(=O)NCC3CC3)c2c(N)c1C(=O)O. The van der Waals surface area contributed by atoms with E-state index >= 15 is 0 Å². The van der Waals surface area contributed by atoms with E-state index in [2.05, 4.69) is 10.3 Å². The van der Waals surface area contributed by atoms with Crippen molar-refractivity contribution in [3.8, 4) is 5.75 Å². The Balaban J connectivity index is 1.84. The molecule has 144 valence electrons. The van der Waals surface area contributed by atoms with Gasteiger partial charge in [0.05, 0.1) is 27.7 Å². The van der Waals surface area contributed by atoms with Crippen molar-refractivity contribution >= 4 is 28.5 Å². The molecule has 1 aliphatic rings. The molecule has 0 bridgehead atoms. The fraction of sp³-hybridized carbons (Fsp3) is 0.450. The number of aromatic nitrogens is 1. The fourth-order valence-electron chi connectivity index (χ4n) is 2.95. The van der Waals surface area contributed by atoms with E-state index in [1.807, 2.05) is 13.8 Å². The summed E-state index contributed by atoms with van der Waals surface area (Å²) in [6, 6.07) is 5.23. The van der Waals surface area contributed by atoms with Gasteiger partial charge in [-0.2, -0.15) is 0 Å². The Morgan fingerprint density at radius 3 is 2.70 bits per heavy atom. The van der Waals surface area contributed by atoms with E-state index in [1.54, 1.807) is 25.1 Å². The Morgan fingerprint density at radius 1 is 1.37 bits per heavy atom. The van der Waals surface area contributed by atoms with E-state index in [9.17, 15) is 14.7 Å². The van der Waals surface area contributed by atoms with E-state index < -0.39 is 11.4 Å². The first-order valence-corrected chi connectivity index (χ1v) is 9.04. The standard InChI is InChI=1S/C20H25N3O4/c1-11-15(18(24)25)17(21)16-13(23-11)5-4-6-14(16)27-10-20(2,3)19(26)22-9-12-7-8-12/h4-6,12H,7-10H2,1-3H3,(H2,21,23)(H,22,26)(H,24,25). The Bertz CT molecular complexity index is 904.